The minimum Gasteiger partial charge on any atom is -0.439 e. The fraction of sp³-hybridized carbons (Fsp3) is 0.500. The van der Waals surface area contributed by atoms with E-state index in [1.807, 2.05) is 12.1 Å². The van der Waals surface area contributed by atoms with Gasteiger partial charge in [-0.05, 0) is 38.1 Å². The molecule has 0 radical (unpaired) electrons. The number of aromatic nitrogens is 3. The van der Waals surface area contributed by atoms with Gasteiger partial charge in [-0.25, -0.2) is 9.69 Å². The molecular formula is C16H17N5O2S. The van der Waals surface area contributed by atoms with Crippen molar-refractivity contribution in [3.63, 3.8) is 0 Å². The van der Waals surface area contributed by atoms with E-state index in [0.717, 1.165) is 43.0 Å². The molecule has 2 bridgehead atoms. The second-order valence-corrected chi connectivity index (χ2v) is 7.65. The third kappa shape index (κ3) is 2.13. The second-order valence-electron chi connectivity index (χ2n) is 6.69. The van der Waals surface area contributed by atoms with E-state index in [4.69, 9.17) is 4.74 Å². The van der Waals surface area contributed by atoms with Gasteiger partial charge in [-0.1, -0.05) is 11.3 Å². The first kappa shape index (κ1) is 14.3. The van der Waals surface area contributed by atoms with Crippen LogP contribution in [-0.2, 0) is 4.74 Å². The zero-order valence-electron chi connectivity index (χ0n) is 13.1. The quantitative estimate of drug-likeness (QED) is 0.831. The van der Waals surface area contributed by atoms with Gasteiger partial charge in [0.2, 0.25) is 5.13 Å². The summed E-state index contributed by atoms with van der Waals surface area (Å²) in [5, 5.41) is 9.85. The third-order valence-electron chi connectivity index (χ3n) is 5.33. The number of carbonyl (C=O) groups excluding carboxylic acids is 1. The van der Waals surface area contributed by atoms with E-state index < -0.39 is 0 Å². The molecule has 1 atom stereocenters. The van der Waals surface area contributed by atoms with Crippen LogP contribution in [0.5, 0.6) is 0 Å². The molecular weight excluding hydrogens is 326 g/mol. The molecule has 1 amide bonds. The van der Waals surface area contributed by atoms with Gasteiger partial charge in [0.25, 0.3) is 0 Å². The Kier molecular flexibility index (Phi) is 3.11. The number of pyridine rings is 1. The topological polar surface area (TPSA) is 71.5 Å². The number of piperidine rings is 3. The molecule has 4 aliphatic rings. The number of ether oxygens (including phenoxy) is 1. The van der Waals surface area contributed by atoms with E-state index in [1.54, 1.807) is 17.3 Å². The maximum absolute atomic E-state index is 12.5. The highest BCUT2D eigenvalue weighted by molar-refractivity contribution is 7.18. The zero-order valence-corrected chi connectivity index (χ0v) is 13.9. The lowest BCUT2D eigenvalue weighted by atomic mass is 9.75. The Morgan fingerprint density at radius 2 is 1.96 bits per heavy atom. The Hall–Kier alpha value is -2.06. The van der Waals surface area contributed by atoms with Crippen molar-refractivity contribution in [2.75, 3.05) is 31.1 Å². The van der Waals surface area contributed by atoms with Crippen molar-refractivity contribution in [1.29, 1.82) is 0 Å². The summed E-state index contributed by atoms with van der Waals surface area (Å²) in [5.41, 5.74) is 0.592. The van der Waals surface area contributed by atoms with Gasteiger partial charge in [0.15, 0.2) is 0 Å². The van der Waals surface area contributed by atoms with Gasteiger partial charge in [-0.3, -0.25) is 9.88 Å². The highest BCUT2D eigenvalue weighted by Crippen LogP contribution is 2.44. The van der Waals surface area contributed by atoms with E-state index in [9.17, 15) is 4.79 Å². The number of nitrogens with zero attached hydrogens (tertiary/aromatic N) is 5. The first-order valence-electron chi connectivity index (χ1n) is 8.20. The van der Waals surface area contributed by atoms with Gasteiger partial charge >= 0.3 is 6.09 Å². The van der Waals surface area contributed by atoms with E-state index in [0.29, 0.717) is 17.6 Å². The predicted molar refractivity (Wildman–Crippen MR) is 88.9 cm³/mol. The van der Waals surface area contributed by atoms with Crippen LogP contribution in [0.2, 0.25) is 0 Å². The summed E-state index contributed by atoms with van der Waals surface area (Å²) in [5.74, 6) is 0.462. The summed E-state index contributed by atoms with van der Waals surface area (Å²) >= 11 is 1.42. The largest absolute Gasteiger partial charge is 0.439 e. The maximum atomic E-state index is 12.5. The lowest BCUT2D eigenvalue weighted by Gasteiger charge is -2.49. The van der Waals surface area contributed by atoms with Crippen molar-refractivity contribution in [2.24, 2.45) is 5.92 Å². The molecule has 24 heavy (non-hydrogen) atoms. The summed E-state index contributed by atoms with van der Waals surface area (Å²) in [6.45, 7) is 3.66. The van der Waals surface area contributed by atoms with Crippen molar-refractivity contribution >= 4 is 22.6 Å². The minimum absolute atomic E-state index is 0.291. The van der Waals surface area contributed by atoms with Crippen LogP contribution < -0.4 is 4.90 Å². The van der Waals surface area contributed by atoms with E-state index >= 15 is 0 Å². The highest BCUT2D eigenvalue weighted by atomic mass is 32.1. The molecule has 4 fully saturated rings. The molecule has 6 rings (SSSR count). The minimum atomic E-state index is -0.365. The number of fused-ring (bicyclic) bond motifs is 2. The highest BCUT2D eigenvalue weighted by Gasteiger charge is 2.56. The molecule has 1 unspecified atom stereocenters. The van der Waals surface area contributed by atoms with Crippen molar-refractivity contribution in [3.05, 3.63) is 24.5 Å². The van der Waals surface area contributed by atoms with Gasteiger partial charge in [0, 0.05) is 30.4 Å². The van der Waals surface area contributed by atoms with E-state index in [1.165, 1.54) is 11.3 Å². The number of hydrogen-bond acceptors (Lipinski definition) is 7. The number of carbonyl (C=O) groups is 1. The fourth-order valence-corrected chi connectivity index (χ4v) is 4.93. The monoisotopic (exact) mass is 343 g/mol. The molecule has 6 heterocycles. The summed E-state index contributed by atoms with van der Waals surface area (Å²) in [4.78, 5) is 20.6. The van der Waals surface area contributed by atoms with Crippen LogP contribution in [0.25, 0.3) is 10.6 Å². The number of anilines is 1. The van der Waals surface area contributed by atoms with Crippen LogP contribution in [0.4, 0.5) is 9.93 Å². The van der Waals surface area contributed by atoms with Crippen molar-refractivity contribution < 1.29 is 9.53 Å². The van der Waals surface area contributed by atoms with E-state index in [2.05, 4.69) is 20.1 Å². The number of hydrogen-bond donors (Lipinski definition) is 0. The summed E-state index contributed by atoms with van der Waals surface area (Å²) < 4.78 is 5.88. The van der Waals surface area contributed by atoms with Crippen LogP contribution in [0.1, 0.15) is 12.8 Å². The Labute approximate surface area is 143 Å². The molecule has 124 valence electrons. The standard InChI is InChI=1S/C16H17N5O2S/c22-15-21(10-16(23-15)9-20-7-3-12(16)4-8-20)14-19-18-13(24-14)11-1-5-17-6-2-11/h1-2,5-6,12H,3-4,7-10H2. The van der Waals surface area contributed by atoms with Gasteiger partial charge in [-0.15, -0.1) is 10.2 Å². The SMILES string of the molecule is O=C1OC2(CN3CCC2CC3)CN1c1nnc(-c2ccncc2)s1. The molecule has 2 aromatic heterocycles. The van der Waals surface area contributed by atoms with Crippen LogP contribution in [0, 0.1) is 5.92 Å². The van der Waals surface area contributed by atoms with Crippen LogP contribution in [-0.4, -0.2) is 58.0 Å². The third-order valence-corrected chi connectivity index (χ3v) is 6.33. The molecule has 2 aromatic rings. The second kappa shape index (κ2) is 5.22. The molecule has 0 saturated carbocycles. The molecule has 1 spiro atoms. The molecule has 4 saturated heterocycles. The summed E-state index contributed by atoms with van der Waals surface area (Å²) in [6.07, 6.45) is 5.38. The Morgan fingerprint density at radius 3 is 2.67 bits per heavy atom. The summed E-state index contributed by atoms with van der Waals surface area (Å²) in [6, 6.07) is 3.78. The number of rotatable bonds is 2. The molecule has 4 aliphatic heterocycles. The van der Waals surface area contributed by atoms with Crippen molar-refractivity contribution in [1.82, 2.24) is 20.1 Å². The zero-order chi connectivity index (χ0) is 16.1. The lowest BCUT2D eigenvalue weighted by molar-refractivity contribution is -0.0881. The predicted octanol–water partition coefficient (Wildman–Crippen LogP) is 2.02. The first-order valence-corrected chi connectivity index (χ1v) is 9.02. The molecule has 0 aliphatic carbocycles. The molecule has 0 N–H and O–H groups in total. The first-order chi connectivity index (χ1) is 11.7. The van der Waals surface area contributed by atoms with Gasteiger partial charge < -0.3 is 4.74 Å². The van der Waals surface area contributed by atoms with Crippen molar-refractivity contribution in [3.8, 4) is 10.6 Å². The van der Waals surface area contributed by atoms with Crippen LogP contribution in [0.15, 0.2) is 24.5 Å². The molecule has 8 heteroatoms. The Bertz CT molecular complexity index is 774. The number of amides is 1. The van der Waals surface area contributed by atoms with Gasteiger partial charge in [-0.2, -0.15) is 0 Å². The Balaban J connectivity index is 1.42. The average molecular weight is 343 g/mol. The normalized spacial score (nSPS) is 31.7. The smallest absolute Gasteiger partial charge is 0.416 e. The van der Waals surface area contributed by atoms with Gasteiger partial charge in [0.05, 0.1) is 6.54 Å². The molecule has 0 aromatic carbocycles. The van der Waals surface area contributed by atoms with Crippen molar-refractivity contribution in [2.45, 2.75) is 18.4 Å². The van der Waals surface area contributed by atoms with Crippen LogP contribution in [0.3, 0.4) is 0 Å². The maximum Gasteiger partial charge on any atom is 0.416 e. The fourth-order valence-electron chi connectivity index (χ4n) is 4.09. The lowest BCUT2D eigenvalue weighted by Crippen LogP contribution is -2.61. The van der Waals surface area contributed by atoms with E-state index in [-0.39, 0.29) is 11.7 Å². The van der Waals surface area contributed by atoms with Gasteiger partial charge in [0.1, 0.15) is 10.6 Å². The molecule has 7 nitrogen and oxygen atoms in total. The Morgan fingerprint density at radius 1 is 1.17 bits per heavy atom. The van der Waals surface area contributed by atoms with Crippen LogP contribution >= 0.6 is 11.3 Å². The average Bonchev–Trinajstić information content (AvgIpc) is 3.22. The summed E-state index contributed by atoms with van der Waals surface area (Å²) in [7, 11) is 0.